The molecule has 1 N–H and O–H groups in total. The van der Waals surface area contributed by atoms with Crippen LogP contribution in [-0.2, 0) is 9.59 Å². The van der Waals surface area contributed by atoms with Crippen LogP contribution in [0.2, 0.25) is 0 Å². The number of fused-ring (bicyclic) bond motifs is 2. The summed E-state index contributed by atoms with van der Waals surface area (Å²) in [6, 6.07) is 11.8. The van der Waals surface area contributed by atoms with E-state index < -0.39 is 0 Å². The molecule has 9 nitrogen and oxygen atoms in total. The van der Waals surface area contributed by atoms with E-state index >= 15 is 0 Å². The fraction of sp³-hybridized carbons (Fsp3) is 0.360. The van der Waals surface area contributed by atoms with Crippen LogP contribution in [-0.4, -0.2) is 72.2 Å². The highest BCUT2D eigenvalue weighted by Gasteiger charge is 2.41. The number of benzene rings is 2. The summed E-state index contributed by atoms with van der Waals surface area (Å²) < 4.78 is 24.1. The van der Waals surface area contributed by atoms with E-state index in [1.54, 1.807) is 23.2 Å². The molecule has 35 heavy (non-hydrogen) atoms. The molecule has 2 unspecified atom stereocenters. The zero-order valence-electron chi connectivity index (χ0n) is 19.1. The number of amides is 2. The van der Waals surface area contributed by atoms with Crippen LogP contribution in [0.25, 0.3) is 0 Å². The number of carbonyl (C=O) groups excluding carboxylic acids is 2. The number of nitrogens with zero attached hydrogens (tertiary/aromatic N) is 4. The number of nitrogens with one attached hydrogen (secondary N) is 1. The number of ether oxygens (including phenoxy) is 2. The Morgan fingerprint density at radius 3 is 2.57 bits per heavy atom. The van der Waals surface area contributed by atoms with Crippen molar-refractivity contribution in [2.45, 2.75) is 18.5 Å². The normalized spacial score (nSPS) is 23.2. The maximum absolute atomic E-state index is 13.2. The Hall–Kier alpha value is -3.79. The van der Waals surface area contributed by atoms with E-state index in [4.69, 9.17) is 9.47 Å². The third-order valence-electron chi connectivity index (χ3n) is 7.00. The van der Waals surface area contributed by atoms with Crippen LogP contribution in [0.4, 0.5) is 10.1 Å². The molecule has 2 atom stereocenters. The number of carbonyl (C=O) groups is 2. The minimum atomic E-state index is -0.376. The van der Waals surface area contributed by atoms with E-state index in [0.717, 1.165) is 17.0 Å². The topological polar surface area (TPSA) is 77.6 Å². The standard InChI is InChI=1S/C25H26FN5O4/c26-18-2-4-19(5-3-18)28-7-9-29(10-8-28)24(32)15-30-11-12-31-21(25(30)33)14-20(27-31)17-1-6-22-23(13-17)35-16-34-22/h1-6,11-13,20-21,27H,7-10,14-16H2. The monoisotopic (exact) mass is 479 g/mol. The van der Waals surface area contributed by atoms with Crippen LogP contribution in [0.3, 0.4) is 0 Å². The van der Waals surface area contributed by atoms with Gasteiger partial charge in [0.15, 0.2) is 11.5 Å². The molecule has 6 rings (SSSR count). The number of hydrogen-bond donors (Lipinski definition) is 1. The van der Waals surface area contributed by atoms with Crippen molar-refractivity contribution in [3.63, 3.8) is 0 Å². The van der Waals surface area contributed by atoms with Crippen LogP contribution < -0.4 is 19.8 Å². The van der Waals surface area contributed by atoms with Crippen LogP contribution >= 0.6 is 0 Å². The van der Waals surface area contributed by atoms with Gasteiger partial charge in [-0.2, -0.15) is 0 Å². The maximum Gasteiger partial charge on any atom is 0.251 e. The van der Waals surface area contributed by atoms with E-state index in [0.29, 0.717) is 38.3 Å². The van der Waals surface area contributed by atoms with Gasteiger partial charge in [-0.1, -0.05) is 6.07 Å². The molecule has 0 aliphatic carbocycles. The molecule has 0 radical (unpaired) electrons. The number of hydrogen-bond acceptors (Lipinski definition) is 7. The van der Waals surface area contributed by atoms with E-state index in [1.165, 1.54) is 17.0 Å². The van der Waals surface area contributed by atoms with E-state index in [-0.39, 0.29) is 43.1 Å². The Morgan fingerprint density at radius 1 is 1.00 bits per heavy atom. The summed E-state index contributed by atoms with van der Waals surface area (Å²) in [7, 11) is 0. The molecule has 4 heterocycles. The van der Waals surface area contributed by atoms with Crippen LogP contribution in [0.5, 0.6) is 11.5 Å². The molecule has 2 aromatic rings. The maximum atomic E-state index is 13.2. The van der Waals surface area contributed by atoms with Crippen molar-refractivity contribution in [3.8, 4) is 11.5 Å². The molecule has 0 spiro atoms. The van der Waals surface area contributed by atoms with Gasteiger partial charge in [-0.05, 0) is 48.4 Å². The molecule has 4 aliphatic heterocycles. The number of hydrazine groups is 1. The van der Waals surface area contributed by atoms with Gasteiger partial charge in [0.1, 0.15) is 18.4 Å². The first kappa shape index (κ1) is 21.7. The first-order chi connectivity index (χ1) is 17.0. The second-order valence-corrected chi connectivity index (χ2v) is 9.06. The summed E-state index contributed by atoms with van der Waals surface area (Å²) in [5.74, 6) is 1.00. The van der Waals surface area contributed by atoms with Crippen molar-refractivity contribution in [2.75, 3.05) is 44.4 Å². The van der Waals surface area contributed by atoms with Gasteiger partial charge in [0.25, 0.3) is 5.91 Å². The Labute approximate surface area is 202 Å². The summed E-state index contributed by atoms with van der Waals surface area (Å²) in [5, 5.41) is 1.82. The zero-order chi connectivity index (χ0) is 23.9. The minimum Gasteiger partial charge on any atom is -0.454 e. The molecule has 2 aromatic carbocycles. The highest BCUT2D eigenvalue weighted by Crippen LogP contribution is 2.37. The lowest BCUT2D eigenvalue weighted by atomic mass is 10.0. The molecule has 0 aromatic heterocycles. The lowest BCUT2D eigenvalue weighted by Gasteiger charge is -2.37. The molecule has 10 heteroatoms. The molecule has 2 amide bonds. The third-order valence-corrected chi connectivity index (χ3v) is 7.00. The lowest BCUT2D eigenvalue weighted by molar-refractivity contribution is -0.141. The second-order valence-electron chi connectivity index (χ2n) is 9.06. The molecule has 2 fully saturated rings. The zero-order valence-corrected chi connectivity index (χ0v) is 19.1. The predicted molar refractivity (Wildman–Crippen MR) is 125 cm³/mol. The predicted octanol–water partition coefficient (Wildman–Crippen LogP) is 1.84. The lowest BCUT2D eigenvalue weighted by Crippen LogP contribution is -2.54. The van der Waals surface area contributed by atoms with E-state index in [9.17, 15) is 14.0 Å². The van der Waals surface area contributed by atoms with Crippen molar-refractivity contribution < 1.29 is 23.5 Å². The van der Waals surface area contributed by atoms with Crippen molar-refractivity contribution >= 4 is 17.5 Å². The fourth-order valence-electron chi connectivity index (χ4n) is 5.03. The molecule has 0 saturated carbocycles. The van der Waals surface area contributed by atoms with Crippen molar-refractivity contribution in [1.82, 2.24) is 20.2 Å². The van der Waals surface area contributed by atoms with E-state index in [1.807, 2.05) is 29.4 Å². The smallest absolute Gasteiger partial charge is 0.251 e. The average molecular weight is 480 g/mol. The number of piperazine rings is 1. The molecule has 4 aliphatic rings. The van der Waals surface area contributed by atoms with Gasteiger partial charge in [-0.25, -0.2) is 9.82 Å². The Bertz CT molecular complexity index is 1160. The van der Waals surface area contributed by atoms with Crippen molar-refractivity contribution in [2.24, 2.45) is 0 Å². The van der Waals surface area contributed by atoms with Gasteiger partial charge >= 0.3 is 0 Å². The molecule has 2 saturated heterocycles. The fourth-order valence-corrected chi connectivity index (χ4v) is 5.03. The van der Waals surface area contributed by atoms with Gasteiger partial charge in [0.05, 0.1) is 6.04 Å². The quantitative estimate of drug-likeness (QED) is 0.717. The Morgan fingerprint density at radius 2 is 1.77 bits per heavy atom. The van der Waals surface area contributed by atoms with Gasteiger partial charge < -0.3 is 29.2 Å². The minimum absolute atomic E-state index is 0.0188. The third kappa shape index (κ3) is 4.14. The number of rotatable bonds is 4. The summed E-state index contributed by atoms with van der Waals surface area (Å²) in [4.78, 5) is 31.6. The highest BCUT2D eigenvalue weighted by molar-refractivity contribution is 5.89. The Kier molecular flexibility index (Phi) is 5.44. The van der Waals surface area contributed by atoms with Gasteiger partial charge in [-0.15, -0.1) is 0 Å². The van der Waals surface area contributed by atoms with Gasteiger partial charge in [0, 0.05) is 44.3 Å². The van der Waals surface area contributed by atoms with E-state index in [2.05, 4.69) is 10.3 Å². The average Bonchev–Trinajstić information content (AvgIpc) is 3.53. The molecule has 182 valence electrons. The molecule has 0 bridgehead atoms. The summed E-state index contributed by atoms with van der Waals surface area (Å²) >= 11 is 0. The van der Waals surface area contributed by atoms with Crippen LogP contribution in [0.15, 0.2) is 54.9 Å². The first-order valence-electron chi connectivity index (χ1n) is 11.8. The second kappa shape index (κ2) is 8.77. The first-order valence-corrected chi connectivity index (χ1v) is 11.8. The van der Waals surface area contributed by atoms with Crippen molar-refractivity contribution in [3.05, 3.63) is 66.2 Å². The Balaban J connectivity index is 1.05. The van der Waals surface area contributed by atoms with Crippen molar-refractivity contribution in [1.29, 1.82) is 0 Å². The van der Waals surface area contributed by atoms with Gasteiger partial charge in [0.2, 0.25) is 12.7 Å². The van der Waals surface area contributed by atoms with Crippen LogP contribution in [0, 0.1) is 5.82 Å². The highest BCUT2D eigenvalue weighted by atomic mass is 19.1. The molecular weight excluding hydrogens is 453 g/mol. The summed E-state index contributed by atoms with van der Waals surface area (Å²) in [6.45, 7) is 2.69. The van der Waals surface area contributed by atoms with Crippen LogP contribution in [0.1, 0.15) is 18.0 Å². The summed E-state index contributed by atoms with van der Waals surface area (Å²) in [5.41, 5.74) is 5.33. The molecular formula is C25H26FN5O4. The number of halogens is 1. The number of anilines is 1. The van der Waals surface area contributed by atoms with Gasteiger partial charge in [-0.3, -0.25) is 9.59 Å². The SMILES string of the molecule is O=C1C2CC(c3ccc4c(c3)OCO4)NN2C=CN1CC(=O)N1CCN(c2ccc(F)cc2)CC1. The largest absolute Gasteiger partial charge is 0.454 e. The summed E-state index contributed by atoms with van der Waals surface area (Å²) in [6.07, 6.45) is 4.07.